The lowest BCUT2D eigenvalue weighted by Crippen LogP contribution is -1.88. The van der Waals surface area contributed by atoms with E-state index in [-0.39, 0.29) is 0 Å². The third kappa shape index (κ3) is 5.59. The minimum Gasteiger partial charge on any atom is -0.262 e. The molecule has 0 rings (SSSR count). The Morgan fingerprint density at radius 3 is 2.27 bits per heavy atom. The summed E-state index contributed by atoms with van der Waals surface area (Å²) in [4.78, 5) is 4.05. The monoisotopic (exact) mass is 151 g/mol. The molecule has 0 aliphatic heterocycles. The highest BCUT2D eigenvalue weighted by atomic mass is 14.7. The molecule has 0 aliphatic rings. The first-order valence-corrected chi connectivity index (χ1v) is 3.90. The van der Waals surface area contributed by atoms with E-state index in [9.17, 15) is 0 Å². The van der Waals surface area contributed by atoms with Crippen LogP contribution < -0.4 is 0 Å². The van der Waals surface area contributed by atoms with Crippen LogP contribution in [0.4, 0.5) is 0 Å². The number of aliphatic imine (C=N–C) groups is 1. The van der Waals surface area contributed by atoms with E-state index in [2.05, 4.69) is 32.3 Å². The predicted octanol–water partition coefficient (Wildman–Crippen LogP) is 3.19. The fourth-order valence-electron chi connectivity index (χ4n) is 0.475. The first-order chi connectivity index (χ1) is 5.04. The van der Waals surface area contributed by atoms with Crippen LogP contribution in [0.5, 0.6) is 0 Å². The summed E-state index contributed by atoms with van der Waals surface area (Å²) in [6, 6.07) is 0. The summed E-state index contributed by atoms with van der Waals surface area (Å²) >= 11 is 0. The number of allylic oxidation sites excluding steroid dienone is 3. The van der Waals surface area contributed by atoms with Crippen LogP contribution in [0, 0.1) is 5.92 Å². The zero-order valence-electron chi connectivity index (χ0n) is 7.89. The van der Waals surface area contributed by atoms with Gasteiger partial charge in [-0.05, 0) is 25.8 Å². The highest BCUT2D eigenvalue weighted by Gasteiger charge is 1.92. The van der Waals surface area contributed by atoms with Crippen LogP contribution in [-0.4, -0.2) is 6.21 Å². The van der Waals surface area contributed by atoms with Crippen LogP contribution in [0.1, 0.15) is 27.7 Å². The molecular weight excluding hydrogens is 134 g/mol. The Morgan fingerprint density at radius 2 is 1.91 bits per heavy atom. The summed E-state index contributed by atoms with van der Waals surface area (Å²) in [7, 11) is 0. The van der Waals surface area contributed by atoms with Crippen LogP contribution in [0.25, 0.3) is 0 Å². The van der Waals surface area contributed by atoms with Crippen LogP contribution >= 0.6 is 0 Å². The van der Waals surface area contributed by atoms with Crippen molar-refractivity contribution in [2.24, 2.45) is 10.9 Å². The zero-order chi connectivity index (χ0) is 8.85. The Labute approximate surface area is 69.5 Å². The van der Waals surface area contributed by atoms with E-state index in [0.29, 0.717) is 5.92 Å². The van der Waals surface area contributed by atoms with Gasteiger partial charge in [-0.25, -0.2) is 0 Å². The van der Waals surface area contributed by atoms with Crippen molar-refractivity contribution in [1.82, 2.24) is 0 Å². The minimum absolute atomic E-state index is 0.603. The van der Waals surface area contributed by atoms with E-state index >= 15 is 0 Å². The van der Waals surface area contributed by atoms with Crippen LogP contribution in [0.15, 0.2) is 28.9 Å². The Hall–Kier alpha value is -0.850. The highest BCUT2D eigenvalue weighted by Crippen LogP contribution is 2.06. The van der Waals surface area contributed by atoms with Gasteiger partial charge in [-0.3, -0.25) is 4.99 Å². The lowest BCUT2D eigenvalue weighted by molar-refractivity contribution is 0.771. The van der Waals surface area contributed by atoms with Crippen molar-refractivity contribution in [3.63, 3.8) is 0 Å². The van der Waals surface area contributed by atoms with Crippen molar-refractivity contribution in [3.8, 4) is 0 Å². The molecular formula is C10H17N. The highest BCUT2D eigenvalue weighted by molar-refractivity contribution is 5.73. The molecule has 0 radical (unpaired) electrons. The molecule has 11 heavy (non-hydrogen) atoms. The van der Waals surface area contributed by atoms with Gasteiger partial charge in [0.15, 0.2) is 0 Å². The largest absolute Gasteiger partial charge is 0.262 e. The van der Waals surface area contributed by atoms with Crippen molar-refractivity contribution in [1.29, 1.82) is 0 Å². The summed E-state index contributed by atoms with van der Waals surface area (Å²) in [5, 5.41) is 0. The molecule has 0 amide bonds. The summed E-state index contributed by atoms with van der Waals surface area (Å²) in [5.74, 6) is 0.603. The van der Waals surface area contributed by atoms with Gasteiger partial charge in [0.2, 0.25) is 0 Å². The molecule has 1 heteroatoms. The number of hydrogen-bond acceptors (Lipinski definition) is 1. The fourth-order valence-corrected chi connectivity index (χ4v) is 0.475. The Kier molecular flexibility index (Phi) is 4.51. The summed E-state index contributed by atoms with van der Waals surface area (Å²) in [5.41, 5.74) is 2.19. The lowest BCUT2D eigenvalue weighted by atomic mass is 10.1. The van der Waals surface area contributed by atoms with E-state index < -0.39 is 0 Å². The quantitative estimate of drug-likeness (QED) is 0.549. The average molecular weight is 151 g/mol. The second-order valence-electron chi connectivity index (χ2n) is 3.08. The molecule has 0 unspecified atom stereocenters. The van der Waals surface area contributed by atoms with Crippen molar-refractivity contribution < 1.29 is 0 Å². The van der Waals surface area contributed by atoms with E-state index in [1.807, 2.05) is 13.0 Å². The molecule has 0 atom stereocenters. The lowest BCUT2D eigenvalue weighted by Gasteiger charge is -2.01. The van der Waals surface area contributed by atoms with Gasteiger partial charge >= 0.3 is 0 Å². The number of rotatable bonds is 3. The molecule has 0 aromatic carbocycles. The number of hydrogen-bond donors (Lipinski definition) is 0. The third-order valence-corrected chi connectivity index (χ3v) is 1.54. The van der Waals surface area contributed by atoms with Crippen LogP contribution in [0.2, 0.25) is 0 Å². The molecule has 0 heterocycles. The third-order valence-electron chi connectivity index (χ3n) is 1.54. The Morgan fingerprint density at radius 1 is 1.36 bits per heavy atom. The standard InChI is InChI=1S/C10H17N/c1-8(2)10(5)6-7-11-9(3)4/h6-8H,3H2,1-2,4-5H3/b10-6+,11-7?. The van der Waals surface area contributed by atoms with Crippen LogP contribution in [-0.2, 0) is 0 Å². The molecule has 0 aromatic heterocycles. The first kappa shape index (κ1) is 10.2. The van der Waals surface area contributed by atoms with E-state index in [4.69, 9.17) is 0 Å². The molecule has 62 valence electrons. The molecule has 0 spiro atoms. The predicted molar refractivity (Wildman–Crippen MR) is 51.9 cm³/mol. The normalized spacial score (nSPS) is 13.0. The van der Waals surface area contributed by atoms with Crippen molar-refractivity contribution >= 4 is 6.21 Å². The van der Waals surface area contributed by atoms with E-state index in [0.717, 1.165) is 5.70 Å². The molecule has 0 N–H and O–H groups in total. The summed E-state index contributed by atoms with van der Waals surface area (Å²) in [6.45, 7) is 12.0. The van der Waals surface area contributed by atoms with Gasteiger partial charge < -0.3 is 0 Å². The van der Waals surface area contributed by atoms with E-state index in [1.54, 1.807) is 6.21 Å². The van der Waals surface area contributed by atoms with Gasteiger partial charge in [0, 0.05) is 11.9 Å². The Balaban J connectivity index is 4.01. The van der Waals surface area contributed by atoms with Crippen LogP contribution in [0.3, 0.4) is 0 Å². The maximum absolute atomic E-state index is 4.05. The zero-order valence-corrected chi connectivity index (χ0v) is 7.89. The fraction of sp³-hybridized carbons (Fsp3) is 0.500. The molecule has 1 nitrogen and oxygen atoms in total. The first-order valence-electron chi connectivity index (χ1n) is 3.90. The Bertz CT molecular complexity index is 185. The second kappa shape index (κ2) is 4.89. The SMILES string of the molecule is C=C(C)N=C/C=C(\C)C(C)C. The van der Waals surface area contributed by atoms with Crippen molar-refractivity contribution in [2.75, 3.05) is 0 Å². The van der Waals surface area contributed by atoms with Gasteiger partial charge in [-0.15, -0.1) is 0 Å². The van der Waals surface area contributed by atoms with Gasteiger partial charge in [0.1, 0.15) is 0 Å². The van der Waals surface area contributed by atoms with E-state index in [1.165, 1.54) is 5.57 Å². The van der Waals surface area contributed by atoms with Gasteiger partial charge in [0.05, 0.1) is 0 Å². The van der Waals surface area contributed by atoms with Gasteiger partial charge in [-0.2, -0.15) is 0 Å². The molecule has 0 saturated carbocycles. The minimum atomic E-state index is 0.603. The maximum atomic E-state index is 4.05. The van der Waals surface area contributed by atoms with Crippen molar-refractivity contribution in [2.45, 2.75) is 27.7 Å². The topological polar surface area (TPSA) is 12.4 Å². The summed E-state index contributed by atoms with van der Waals surface area (Å²) < 4.78 is 0. The summed E-state index contributed by atoms with van der Waals surface area (Å²) in [6.07, 6.45) is 3.83. The smallest absolute Gasteiger partial charge is 0.0300 e. The molecule has 0 aliphatic carbocycles. The molecule has 0 saturated heterocycles. The molecule has 0 fully saturated rings. The van der Waals surface area contributed by atoms with Crippen molar-refractivity contribution in [3.05, 3.63) is 23.9 Å². The van der Waals surface area contributed by atoms with Gasteiger partial charge in [-0.1, -0.05) is 26.0 Å². The van der Waals surface area contributed by atoms with Gasteiger partial charge in [0.25, 0.3) is 0 Å². The molecule has 0 aromatic rings. The second-order valence-corrected chi connectivity index (χ2v) is 3.08. The number of nitrogens with zero attached hydrogens (tertiary/aromatic N) is 1. The molecule has 0 bridgehead atoms. The maximum Gasteiger partial charge on any atom is 0.0300 e. The average Bonchev–Trinajstić information content (AvgIpc) is 1.86.